The molecule has 0 fully saturated rings. The molecule has 1 unspecified atom stereocenters. The highest BCUT2D eigenvalue weighted by atomic mass is 35.5. The zero-order chi connectivity index (χ0) is 27.0. The van der Waals surface area contributed by atoms with E-state index in [0.717, 1.165) is 28.9 Å². The number of carbonyl (C=O) groups is 2. The van der Waals surface area contributed by atoms with E-state index in [9.17, 15) is 18.0 Å². The smallest absolute Gasteiger partial charge is 0.394 e. The van der Waals surface area contributed by atoms with E-state index in [2.05, 4.69) is 43.4 Å². The summed E-state index contributed by atoms with van der Waals surface area (Å²) in [6.45, 7) is 1.60. The number of anilines is 5. The van der Waals surface area contributed by atoms with Gasteiger partial charge in [-0.2, -0.15) is 18.2 Å². The molecule has 0 saturated heterocycles. The van der Waals surface area contributed by atoms with Crippen LogP contribution in [-0.2, 0) is 17.6 Å². The zero-order valence-electron chi connectivity index (χ0n) is 19.6. The Hall–Kier alpha value is -3.90. The number of carbonyl (C=O) groups excluding carboxylic acids is 2. The lowest BCUT2D eigenvalue weighted by Gasteiger charge is -2.16. The highest BCUT2D eigenvalue weighted by Crippen LogP contribution is 2.29. The molecule has 1 aliphatic heterocycles. The largest absolute Gasteiger partial charge is 0.446 e. The fourth-order valence-corrected chi connectivity index (χ4v) is 3.43. The number of nitrogens with one attached hydrogen (secondary N) is 4. The first kappa shape index (κ1) is 27.7. The van der Waals surface area contributed by atoms with Gasteiger partial charge in [0, 0.05) is 17.1 Å². The molecule has 5 N–H and O–H groups in total. The van der Waals surface area contributed by atoms with E-state index in [4.69, 9.17) is 21.5 Å². The van der Waals surface area contributed by atoms with Crippen molar-refractivity contribution in [3.05, 3.63) is 64.8 Å². The summed E-state index contributed by atoms with van der Waals surface area (Å²) in [7, 11) is 0. The lowest BCUT2D eigenvalue weighted by Crippen LogP contribution is -2.38. The Morgan fingerprint density at radius 2 is 1.92 bits per heavy atom. The summed E-state index contributed by atoms with van der Waals surface area (Å²) in [6.07, 6.45) is -2.66. The number of hydrogen-bond acceptors (Lipinski definition) is 7. The van der Waals surface area contributed by atoms with E-state index in [1.807, 2.05) is 30.3 Å². The van der Waals surface area contributed by atoms with Crippen LogP contribution in [0.1, 0.15) is 18.1 Å². The van der Waals surface area contributed by atoms with Crippen LogP contribution in [0.15, 0.2) is 48.7 Å². The molecule has 13 heteroatoms. The van der Waals surface area contributed by atoms with Crippen molar-refractivity contribution in [2.75, 3.05) is 22.6 Å². The molecule has 6 bridgehead atoms. The molecule has 1 aliphatic rings. The zero-order valence-corrected chi connectivity index (χ0v) is 20.3. The molecule has 2 aromatic carbocycles. The normalized spacial score (nSPS) is 13.0. The van der Waals surface area contributed by atoms with Gasteiger partial charge >= 0.3 is 12.2 Å². The highest BCUT2D eigenvalue weighted by Gasteiger charge is 2.25. The number of urea groups is 1. The van der Waals surface area contributed by atoms with Gasteiger partial charge in [-0.1, -0.05) is 23.7 Å². The summed E-state index contributed by atoms with van der Waals surface area (Å²) in [6, 6.07) is 13.0. The van der Waals surface area contributed by atoms with Crippen molar-refractivity contribution in [3.8, 4) is 0 Å². The van der Waals surface area contributed by atoms with E-state index in [1.54, 1.807) is 13.1 Å². The van der Waals surface area contributed by atoms with Crippen molar-refractivity contribution >= 4 is 52.7 Å². The molecule has 0 aliphatic carbocycles. The Kier molecular flexibility index (Phi) is 9.25. The molecule has 2 heterocycles. The fraction of sp³-hybridized carbons (Fsp3) is 0.250. The second-order valence-corrected chi connectivity index (χ2v) is 8.46. The van der Waals surface area contributed by atoms with Crippen molar-refractivity contribution in [1.29, 1.82) is 0 Å². The Balaban J connectivity index is 0.000000568. The number of nitrogens with zero attached hydrogens (tertiary/aromatic N) is 2. The molecule has 1 atom stereocenters. The van der Waals surface area contributed by atoms with Gasteiger partial charge in [0.1, 0.15) is 5.02 Å². The van der Waals surface area contributed by atoms with Gasteiger partial charge in [0.05, 0.1) is 18.8 Å². The van der Waals surface area contributed by atoms with E-state index >= 15 is 0 Å². The van der Waals surface area contributed by atoms with Crippen molar-refractivity contribution in [3.63, 3.8) is 0 Å². The van der Waals surface area contributed by atoms with Crippen molar-refractivity contribution in [1.82, 2.24) is 15.3 Å². The topological polar surface area (TPSA) is 128 Å². The maximum atomic E-state index is 12.3. The number of rotatable bonds is 3. The standard InChI is InChI=1S/C22H23ClN6O2.C2HF3O/c1-13(12-30)25-22(31)28-19-8-7-17-10-15(19)6-5-14-3-2-4-16(9-14)27-21-24-11-18(23)20(26-17)29-21;3-2(4,5)1-6/h2-4,7-11,13,30H,5-6,12H2,1H3,(H2,25,28,31)(H2,24,26,27,29);1H. The van der Waals surface area contributed by atoms with Gasteiger partial charge in [0.2, 0.25) is 12.2 Å². The van der Waals surface area contributed by atoms with Crippen molar-refractivity contribution in [2.45, 2.75) is 32.0 Å². The van der Waals surface area contributed by atoms with Crippen LogP contribution in [0.4, 0.5) is 46.8 Å². The number of amides is 2. The summed E-state index contributed by atoms with van der Waals surface area (Å²) < 4.78 is 31.2. The SMILES string of the molecule is CC(CO)NC(=O)Nc1ccc2cc1CCc1cccc(c1)Nc1ncc(Cl)c(n1)N2.O=CC(F)(F)F. The number of aldehydes is 1. The second kappa shape index (κ2) is 12.4. The van der Waals surface area contributed by atoms with E-state index in [1.165, 1.54) is 0 Å². The van der Waals surface area contributed by atoms with Crippen LogP contribution in [0.25, 0.3) is 0 Å². The molecule has 0 radical (unpaired) electrons. The van der Waals surface area contributed by atoms with Gasteiger partial charge in [0.15, 0.2) is 5.82 Å². The number of aliphatic hydroxyl groups excluding tert-OH is 1. The number of aliphatic hydroxyl groups is 1. The predicted octanol–water partition coefficient (Wildman–Crippen LogP) is 4.97. The third-order valence-corrected chi connectivity index (χ3v) is 5.29. The molecule has 3 aromatic rings. The minimum atomic E-state index is -4.64. The monoisotopic (exact) mass is 536 g/mol. The molecule has 196 valence electrons. The predicted molar refractivity (Wildman–Crippen MR) is 135 cm³/mol. The summed E-state index contributed by atoms with van der Waals surface area (Å²) in [4.78, 5) is 29.7. The maximum Gasteiger partial charge on any atom is 0.446 e. The summed E-state index contributed by atoms with van der Waals surface area (Å²) in [5, 5.41) is 21.6. The fourth-order valence-electron chi connectivity index (χ4n) is 3.29. The van der Waals surface area contributed by atoms with Crippen LogP contribution in [0, 0.1) is 0 Å². The molecular formula is C24H24ClF3N6O3. The van der Waals surface area contributed by atoms with Crippen LogP contribution < -0.4 is 21.3 Å². The van der Waals surface area contributed by atoms with Gasteiger partial charge in [0.25, 0.3) is 0 Å². The molecule has 37 heavy (non-hydrogen) atoms. The minimum Gasteiger partial charge on any atom is -0.394 e. The molecule has 0 saturated carbocycles. The molecule has 2 amide bonds. The lowest BCUT2D eigenvalue weighted by atomic mass is 10.0. The molecule has 1 aromatic heterocycles. The Morgan fingerprint density at radius 3 is 2.62 bits per heavy atom. The second-order valence-electron chi connectivity index (χ2n) is 8.05. The van der Waals surface area contributed by atoms with Crippen LogP contribution in [-0.4, -0.2) is 46.2 Å². The van der Waals surface area contributed by atoms with Gasteiger partial charge in [-0.05, 0) is 61.2 Å². The first-order chi connectivity index (χ1) is 17.6. The number of alkyl halides is 3. The third-order valence-electron chi connectivity index (χ3n) is 5.01. The molecular weight excluding hydrogens is 513 g/mol. The first-order valence-electron chi connectivity index (χ1n) is 11.1. The number of aryl methyl sites for hydroxylation is 2. The lowest BCUT2D eigenvalue weighted by molar-refractivity contribution is -0.156. The quantitative estimate of drug-likeness (QED) is 0.299. The van der Waals surface area contributed by atoms with Crippen molar-refractivity contribution < 1.29 is 27.9 Å². The highest BCUT2D eigenvalue weighted by molar-refractivity contribution is 6.32. The summed E-state index contributed by atoms with van der Waals surface area (Å²) >= 11 is 6.29. The Labute approximate surface area is 215 Å². The number of aromatic nitrogens is 2. The third kappa shape index (κ3) is 8.62. The van der Waals surface area contributed by atoms with Crippen LogP contribution in [0.5, 0.6) is 0 Å². The first-order valence-corrected chi connectivity index (χ1v) is 11.4. The van der Waals surface area contributed by atoms with Gasteiger partial charge in [-0.3, -0.25) is 4.79 Å². The Bertz CT molecular complexity index is 1260. The summed E-state index contributed by atoms with van der Waals surface area (Å²) in [5.41, 5.74) is 4.47. The van der Waals surface area contributed by atoms with E-state index in [-0.39, 0.29) is 18.7 Å². The molecule has 9 nitrogen and oxygen atoms in total. The number of fused-ring (bicyclic) bond motifs is 6. The molecule has 0 spiro atoms. The minimum absolute atomic E-state index is 0.130. The van der Waals surface area contributed by atoms with Gasteiger partial charge in [-0.25, -0.2) is 9.78 Å². The van der Waals surface area contributed by atoms with E-state index in [0.29, 0.717) is 28.9 Å². The van der Waals surface area contributed by atoms with Crippen LogP contribution in [0.3, 0.4) is 0 Å². The van der Waals surface area contributed by atoms with Crippen molar-refractivity contribution in [2.24, 2.45) is 0 Å². The molecule has 4 rings (SSSR count). The number of benzene rings is 2. The number of halogens is 4. The number of hydrogen-bond donors (Lipinski definition) is 5. The Morgan fingerprint density at radius 1 is 1.19 bits per heavy atom. The van der Waals surface area contributed by atoms with Crippen LogP contribution in [0.2, 0.25) is 5.02 Å². The summed E-state index contributed by atoms with van der Waals surface area (Å²) in [5.74, 6) is 0.923. The maximum absolute atomic E-state index is 12.3. The van der Waals surface area contributed by atoms with Crippen LogP contribution >= 0.6 is 11.6 Å². The van der Waals surface area contributed by atoms with Gasteiger partial charge in [-0.15, -0.1) is 0 Å². The van der Waals surface area contributed by atoms with E-state index < -0.39 is 12.5 Å². The average molecular weight is 537 g/mol. The average Bonchev–Trinajstić information content (AvgIpc) is 2.86. The van der Waals surface area contributed by atoms with Gasteiger partial charge < -0.3 is 26.4 Å².